The molecule has 21 nitrogen and oxygen atoms in total. The molecule has 21 heteroatoms. The highest BCUT2D eigenvalue weighted by atomic mass is 16.4. The van der Waals surface area contributed by atoms with E-state index in [1.165, 1.54) is 0 Å². The highest BCUT2D eigenvalue weighted by Gasteiger charge is 2.33. The SMILES string of the molecule is CCC(=O)O.O=C(O)/C=C\C(=O)O.O=C(O)CC(=O)O.O=C(O)CCC(=O)O.O=C(O)[C@H](O)[C@@H](O)[C@H](O)[C@H](O)CO. The first-order valence-corrected chi connectivity index (χ1v) is 10.4. The van der Waals surface area contributed by atoms with Crippen LogP contribution >= 0.6 is 0 Å². The Morgan fingerprint density at radius 1 is 0.561 bits per heavy atom. The number of aliphatic carboxylic acids is 8. The standard InChI is InChI=1S/C6H12O7.C4H6O4.C4H4O4.C3H4O4.C3H6O2/c7-1-2(8)3(9)4(10)5(11)6(12)13;2*5-3(6)1-2-4(7)8;4-2(5)1-3(6)7;1-2-3(4)5/h2-5,7-11H,1H2,(H,12,13);1-2H2,(H,5,6)(H,7,8);1-2H,(H,5,6)(H,7,8);1H2,(H,4,5)(H,6,7);2H2,1H3,(H,4,5)/b;;2-1-;;/t2-,3-,4+,5-;;;;/m1..../s1. The van der Waals surface area contributed by atoms with E-state index in [9.17, 15) is 38.4 Å². The van der Waals surface area contributed by atoms with Gasteiger partial charge in [-0.3, -0.25) is 24.0 Å². The Morgan fingerprint density at radius 2 is 0.878 bits per heavy atom. The normalized spacial score (nSPS) is 12.2. The predicted octanol–water partition coefficient (Wildman–Crippen LogP) is -3.82. The van der Waals surface area contributed by atoms with Crippen molar-refractivity contribution in [3.8, 4) is 0 Å². The summed E-state index contributed by atoms with van der Waals surface area (Å²) in [5.41, 5.74) is 0. The Bertz CT molecular complexity index is 821. The Balaban J connectivity index is -0.000000137. The van der Waals surface area contributed by atoms with Gasteiger partial charge in [0.15, 0.2) is 6.10 Å². The Morgan fingerprint density at radius 3 is 1.02 bits per heavy atom. The first-order chi connectivity index (χ1) is 18.6. The molecule has 0 radical (unpaired) electrons. The summed E-state index contributed by atoms with van der Waals surface area (Å²) in [6, 6.07) is 0. The average molecular weight is 608 g/mol. The molecule has 4 atom stereocenters. The molecule has 0 aromatic heterocycles. The minimum atomic E-state index is -2.20. The number of hydrogen-bond donors (Lipinski definition) is 13. The monoisotopic (exact) mass is 608 g/mol. The molecular weight excluding hydrogens is 576 g/mol. The van der Waals surface area contributed by atoms with E-state index in [1.54, 1.807) is 6.92 Å². The summed E-state index contributed by atoms with van der Waals surface area (Å²) in [6.07, 6.45) is -7.90. The van der Waals surface area contributed by atoms with Crippen molar-refractivity contribution in [3.05, 3.63) is 12.2 Å². The third-order valence-electron chi connectivity index (χ3n) is 3.03. The molecule has 0 fully saturated rings. The van der Waals surface area contributed by atoms with E-state index in [-0.39, 0.29) is 19.3 Å². The number of aliphatic hydroxyl groups excluding tert-OH is 5. The van der Waals surface area contributed by atoms with Crippen molar-refractivity contribution in [2.24, 2.45) is 0 Å². The zero-order chi connectivity index (χ0) is 33.9. The molecule has 13 N–H and O–H groups in total. The lowest BCUT2D eigenvalue weighted by molar-refractivity contribution is -0.164. The number of carboxylic acids is 8. The van der Waals surface area contributed by atoms with Crippen molar-refractivity contribution >= 4 is 47.8 Å². The van der Waals surface area contributed by atoms with Crippen LogP contribution in [0.4, 0.5) is 0 Å². The molecule has 238 valence electrons. The number of carboxylic acid groups (broad SMARTS) is 8. The van der Waals surface area contributed by atoms with Crippen LogP contribution in [0.3, 0.4) is 0 Å². The average Bonchev–Trinajstić information content (AvgIpc) is 2.84. The Hall–Kier alpha value is -4.70. The van der Waals surface area contributed by atoms with Gasteiger partial charge in [0, 0.05) is 18.6 Å². The minimum Gasteiger partial charge on any atom is -0.481 e. The van der Waals surface area contributed by atoms with Crippen molar-refractivity contribution in [2.45, 2.75) is 57.0 Å². The summed E-state index contributed by atoms with van der Waals surface area (Å²) in [7, 11) is 0. The smallest absolute Gasteiger partial charge is 0.335 e. The first kappa shape index (κ1) is 46.2. The van der Waals surface area contributed by atoms with E-state index in [2.05, 4.69) is 0 Å². The van der Waals surface area contributed by atoms with E-state index in [0.29, 0.717) is 12.2 Å². The van der Waals surface area contributed by atoms with Crippen molar-refractivity contribution in [1.82, 2.24) is 0 Å². The van der Waals surface area contributed by atoms with Gasteiger partial charge in [-0.2, -0.15) is 0 Å². The molecule has 0 bridgehead atoms. The first-order valence-electron chi connectivity index (χ1n) is 10.4. The molecular formula is C20H32O21. The van der Waals surface area contributed by atoms with E-state index in [0.717, 1.165) is 0 Å². The maximum absolute atomic E-state index is 10.1. The second-order valence-electron chi connectivity index (χ2n) is 6.52. The summed E-state index contributed by atoms with van der Waals surface area (Å²) in [5, 5.41) is 106. The Kier molecular flexibility index (Phi) is 31.9. The molecule has 0 aromatic carbocycles. The molecule has 0 aliphatic carbocycles. The van der Waals surface area contributed by atoms with Crippen LogP contribution in [0.1, 0.15) is 32.6 Å². The molecule has 0 heterocycles. The third kappa shape index (κ3) is 45.6. The van der Waals surface area contributed by atoms with Crippen LogP contribution in [0.15, 0.2) is 12.2 Å². The second kappa shape index (κ2) is 28.3. The van der Waals surface area contributed by atoms with Gasteiger partial charge in [0.05, 0.1) is 19.4 Å². The predicted molar refractivity (Wildman–Crippen MR) is 125 cm³/mol. The van der Waals surface area contributed by atoms with Crippen molar-refractivity contribution in [3.63, 3.8) is 0 Å². The molecule has 0 spiro atoms. The van der Waals surface area contributed by atoms with Gasteiger partial charge in [0.25, 0.3) is 0 Å². The molecule has 0 aliphatic rings. The number of aliphatic hydroxyl groups is 5. The number of carbonyl (C=O) groups is 8. The van der Waals surface area contributed by atoms with E-state index in [4.69, 9.17) is 66.4 Å². The fraction of sp³-hybridized carbons (Fsp3) is 0.500. The summed E-state index contributed by atoms with van der Waals surface area (Å²) < 4.78 is 0. The van der Waals surface area contributed by atoms with Gasteiger partial charge in [-0.1, -0.05) is 6.92 Å². The van der Waals surface area contributed by atoms with Crippen LogP contribution in [0.5, 0.6) is 0 Å². The molecule has 41 heavy (non-hydrogen) atoms. The fourth-order valence-corrected chi connectivity index (χ4v) is 1.15. The van der Waals surface area contributed by atoms with Crippen LogP contribution in [0.2, 0.25) is 0 Å². The van der Waals surface area contributed by atoms with Crippen LogP contribution in [-0.2, 0) is 38.4 Å². The van der Waals surface area contributed by atoms with Crippen molar-refractivity contribution in [2.75, 3.05) is 6.61 Å². The van der Waals surface area contributed by atoms with Gasteiger partial charge in [-0.25, -0.2) is 14.4 Å². The zero-order valence-corrected chi connectivity index (χ0v) is 21.1. The number of hydrogen-bond acceptors (Lipinski definition) is 13. The number of rotatable bonds is 13. The molecule has 0 amide bonds. The van der Waals surface area contributed by atoms with E-state index < -0.39 is 85.2 Å². The molecule has 0 saturated carbocycles. The van der Waals surface area contributed by atoms with Crippen molar-refractivity contribution in [1.29, 1.82) is 0 Å². The van der Waals surface area contributed by atoms with Gasteiger partial charge in [-0.05, 0) is 0 Å². The third-order valence-corrected chi connectivity index (χ3v) is 3.03. The molecule has 0 aliphatic heterocycles. The highest BCUT2D eigenvalue weighted by Crippen LogP contribution is 2.04. The topological polar surface area (TPSA) is 400 Å². The van der Waals surface area contributed by atoms with E-state index in [1.807, 2.05) is 0 Å². The lowest BCUT2D eigenvalue weighted by atomic mass is 10.0. The van der Waals surface area contributed by atoms with Crippen LogP contribution in [-0.4, -0.2) is 145 Å². The fourth-order valence-electron chi connectivity index (χ4n) is 1.15. The van der Waals surface area contributed by atoms with Crippen LogP contribution < -0.4 is 0 Å². The van der Waals surface area contributed by atoms with Gasteiger partial charge in [0.1, 0.15) is 24.7 Å². The molecule has 0 unspecified atom stereocenters. The second-order valence-corrected chi connectivity index (χ2v) is 6.52. The highest BCUT2D eigenvalue weighted by molar-refractivity contribution is 5.89. The molecule has 0 rings (SSSR count). The summed E-state index contributed by atoms with van der Waals surface area (Å²) in [5.74, 6) is -9.76. The van der Waals surface area contributed by atoms with Gasteiger partial charge < -0.3 is 66.4 Å². The van der Waals surface area contributed by atoms with Gasteiger partial charge in [-0.15, -0.1) is 0 Å². The molecule has 0 saturated heterocycles. The lowest BCUT2D eigenvalue weighted by Gasteiger charge is -2.23. The lowest BCUT2D eigenvalue weighted by Crippen LogP contribution is -2.48. The van der Waals surface area contributed by atoms with Gasteiger partial charge in [0.2, 0.25) is 0 Å². The summed E-state index contributed by atoms with van der Waals surface area (Å²) >= 11 is 0. The summed E-state index contributed by atoms with van der Waals surface area (Å²) in [6.45, 7) is 0.757. The Labute approximate surface area is 229 Å². The van der Waals surface area contributed by atoms with E-state index >= 15 is 0 Å². The largest absolute Gasteiger partial charge is 0.481 e. The maximum atomic E-state index is 10.1. The van der Waals surface area contributed by atoms with Crippen LogP contribution in [0, 0.1) is 0 Å². The van der Waals surface area contributed by atoms with Gasteiger partial charge >= 0.3 is 47.8 Å². The maximum Gasteiger partial charge on any atom is 0.335 e. The van der Waals surface area contributed by atoms with Crippen molar-refractivity contribution < 1.29 is 105 Å². The minimum absolute atomic E-state index is 0.222. The summed E-state index contributed by atoms with van der Waals surface area (Å²) in [4.78, 5) is 76.7. The quantitative estimate of drug-likeness (QED) is 0.0703. The zero-order valence-electron chi connectivity index (χ0n) is 21.1. The van der Waals surface area contributed by atoms with Crippen LogP contribution in [0.25, 0.3) is 0 Å². The molecule has 0 aromatic rings.